The molecule has 7 nitrogen and oxygen atoms in total. The van der Waals surface area contributed by atoms with Gasteiger partial charge in [0.15, 0.2) is 17.4 Å². The number of halogens is 1. The first-order valence-electron chi connectivity index (χ1n) is 8.06. The molecule has 3 aromatic rings. The van der Waals surface area contributed by atoms with Crippen molar-refractivity contribution in [3.05, 3.63) is 60.3 Å². The van der Waals surface area contributed by atoms with Crippen molar-refractivity contribution in [3.63, 3.8) is 0 Å². The summed E-state index contributed by atoms with van der Waals surface area (Å²) in [6, 6.07) is 9.85. The van der Waals surface area contributed by atoms with Crippen LogP contribution in [0.1, 0.15) is 18.3 Å². The maximum atomic E-state index is 4.59. The van der Waals surface area contributed by atoms with Crippen molar-refractivity contribution in [2.45, 2.75) is 19.9 Å². The van der Waals surface area contributed by atoms with Crippen LogP contribution in [0.5, 0.6) is 0 Å². The minimum atomic E-state index is 0. The van der Waals surface area contributed by atoms with Gasteiger partial charge in [-0.15, -0.1) is 34.2 Å². The van der Waals surface area contributed by atoms with E-state index in [0.717, 1.165) is 36.9 Å². The van der Waals surface area contributed by atoms with E-state index in [-0.39, 0.29) is 24.0 Å². The number of aliphatic imine (C=N–C) groups is 1. The number of pyridine rings is 2. The van der Waals surface area contributed by atoms with E-state index >= 15 is 0 Å². The molecule has 0 bridgehead atoms. The van der Waals surface area contributed by atoms with Crippen LogP contribution in [-0.2, 0) is 13.0 Å². The van der Waals surface area contributed by atoms with E-state index in [2.05, 4.69) is 36.9 Å². The lowest BCUT2D eigenvalue weighted by molar-refractivity contribution is 0.786. The van der Waals surface area contributed by atoms with E-state index in [9.17, 15) is 0 Å². The van der Waals surface area contributed by atoms with Gasteiger partial charge < -0.3 is 10.6 Å². The van der Waals surface area contributed by atoms with E-state index in [1.807, 2.05) is 48.0 Å². The molecule has 132 valence electrons. The molecule has 0 spiro atoms. The second kappa shape index (κ2) is 9.92. The third kappa shape index (κ3) is 5.38. The van der Waals surface area contributed by atoms with Crippen molar-refractivity contribution in [2.24, 2.45) is 4.99 Å². The number of hydrogen-bond acceptors (Lipinski definition) is 4. The number of guanidine groups is 1. The SMILES string of the molecule is CCNC(=NCc1nnc2ccccn12)NCCc1cccnc1.I. The quantitative estimate of drug-likeness (QED) is 0.341. The molecule has 0 amide bonds. The first-order chi connectivity index (χ1) is 11.9. The van der Waals surface area contributed by atoms with Gasteiger partial charge in [-0.3, -0.25) is 9.38 Å². The predicted octanol–water partition coefficient (Wildman–Crippen LogP) is 2.04. The zero-order valence-electron chi connectivity index (χ0n) is 14.1. The molecule has 0 aromatic carbocycles. The number of nitrogens with one attached hydrogen (secondary N) is 2. The Hall–Kier alpha value is -2.23. The smallest absolute Gasteiger partial charge is 0.191 e. The van der Waals surface area contributed by atoms with Gasteiger partial charge in [-0.2, -0.15) is 0 Å². The minimum Gasteiger partial charge on any atom is -0.357 e. The summed E-state index contributed by atoms with van der Waals surface area (Å²) in [5.41, 5.74) is 2.03. The zero-order valence-corrected chi connectivity index (χ0v) is 16.4. The molecule has 8 heteroatoms. The normalized spacial score (nSPS) is 11.2. The molecule has 3 heterocycles. The fraction of sp³-hybridized carbons (Fsp3) is 0.294. The van der Waals surface area contributed by atoms with Crippen LogP contribution in [0.25, 0.3) is 5.65 Å². The van der Waals surface area contributed by atoms with Crippen LogP contribution in [-0.4, -0.2) is 38.6 Å². The second-order valence-corrected chi connectivity index (χ2v) is 5.28. The molecule has 3 aromatic heterocycles. The molecule has 0 aliphatic rings. The summed E-state index contributed by atoms with van der Waals surface area (Å²) in [6.45, 7) is 4.11. The molecule has 2 N–H and O–H groups in total. The summed E-state index contributed by atoms with van der Waals surface area (Å²) in [5.74, 6) is 1.59. The molecule has 0 radical (unpaired) electrons. The summed E-state index contributed by atoms with van der Waals surface area (Å²) >= 11 is 0. The van der Waals surface area contributed by atoms with Gasteiger partial charge >= 0.3 is 0 Å². The summed E-state index contributed by atoms with van der Waals surface area (Å²) < 4.78 is 1.95. The van der Waals surface area contributed by atoms with Crippen LogP contribution in [0, 0.1) is 0 Å². The van der Waals surface area contributed by atoms with Crippen molar-refractivity contribution in [2.75, 3.05) is 13.1 Å². The molecule has 0 saturated carbocycles. The standard InChI is InChI=1S/C17H21N7.HI/c1-2-19-17(20-10-8-14-6-5-9-18-12-14)21-13-16-23-22-15-7-3-4-11-24(15)16;/h3-7,9,11-12H,2,8,10,13H2,1H3,(H2,19,20,21);1H. The Morgan fingerprint density at radius 2 is 2.08 bits per heavy atom. The summed E-state index contributed by atoms with van der Waals surface area (Å²) in [6.07, 6.45) is 6.51. The summed E-state index contributed by atoms with van der Waals surface area (Å²) in [4.78, 5) is 8.72. The molecule has 0 unspecified atom stereocenters. The lowest BCUT2D eigenvalue weighted by Crippen LogP contribution is -2.38. The number of aromatic nitrogens is 4. The molecule has 25 heavy (non-hydrogen) atoms. The van der Waals surface area contributed by atoms with Crippen molar-refractivity contribution in [1.82, 2.24) is 30.2 Å². The molecular formula is C17H22IN7. The highest BCUT2D eigenvalue weighted by Gasteiger charge is 2.04. The van der Waals surface area contributed by atoms with Crippen LogP contribution < -0.4 is 10.6 Å². The summed E-state index contributed by atoms with van der Waals surface area (Å²) in [7, 11) is 0. The third-order valence-corrected chi connectivity index (χ3v) is 3.54. The van der Waals surface area contributed by atoms with Crippen LogP contribution >= 0.6 is 24.0 Å². The molecule has 0 saturated heterocycles. The van der Waals surface area contributed by atoms with Gasteiger partial charge in [-0.25, -0.2) is 4.99 Å². The maximum Gasteiger partial charge on any atom is 0.191 e. The minimum absolute atomic E-state index is 0. The first-order valence-corrected chi connectivity index (χ1v) is 8.06. The van der Waals surface area contributed by atoms with E-state index in [0.29, 0.717) is 6.54 Å². The fourth-order valence-electron chi connectivity index (χ4n) is 2.36. The Balaban J connectivity index is 0.00000225. The number of rotatable bonds is 6. The highest BCUT2D eigenvalue weighted by Crippen LogP contribution is 2.03. The molecular weight excluding hydrogens is 429 g/mol. The molecule has 0 fully saturated rings. The number of nitrogens with zero attached hydrogens (tertiary/aromatic N) is 5. The van der Waals surface area contributed by atoms with Crippen LogP contribution in [0.4, 0.5) is 0 Å². The lowest BCUT2D eigenvalue weighted by Gasteiger charge is -2.11. The molecule has 0 atom stereocenters. The Labute approximate surface area is 164 Å². The molecule has 3 rings (SSSR count). The topological polar surface area (TPSA) is 79.5 Å². The largest absolute Gasteiger partial charge is 0.357 e. The van der Waals surface area contributed by atoms with Crippen molar-refractivity contribution >= 4 is 35.6 Å². The van der Waals surface area contributed by atoms with Gasteiger partial charge in [-0.05, 0) is 37.1 Å². The van der Waals surface area contributed by atoms with Crippen LogP contribution in [0.3, 0.4) is 0 Å². The summed E-state index contributed by atoms with van der Waals surface area (Å²) in [5, 5.41) is 14.9. The maximum absolute atomic E-state index is 4.59. The van der Waals surface area contributed by atoms with E-state index in [4.69, 9.17) is 0 Å². The highest BCUT2D eigenvalue weighted by molar-refractivity contribution is 14.0. The second-order valence-electron chi connectivity index (χ2n) is 5.28. The van der Waals surface area contributed by atoms with Gasteiger partial charge in [-0.1, -0.05) is 12.1 Å². The van der Waals surface area contributed by atoms with E-state index < -0.39 is 0 Å². The van der Waals surface area contributed by atoms with Crippen LogP contribution in [0.2, 0.25) is 0 Å². The van der Waals surface area contributed by atoms with Gasteiger partial charge in [0, 0.05) is 31.7 Å². The monoisotopic (exact) mass is 451 g/mol. The Kier molecular flexibility index (Phi) is 7.58. The lowest BCUT2D eigenvalue weighted by atomic mass is 10.2. The fourth-order valence-corrected chi connectivity index (χ4v) is 2.36. The molecule has 0 aliphatic carbocycles. The van der Waals surface area contributed by atoms with Crippen LogP contribution in [0.15, 0.2) is 53.9 Å². The zero-order chi connectivity index (χ0) is 16.6. The number of fused-ring (bicyclic) bond motifs is 1. The van der Waals surface area contributed by atoms with Crippen molar-refractivity contribution < 1.29 is 0 Å². The Morgan fingerprint density at radius 1 is 1.16 bits per heavy atom. The highest BCUT2D eigenvalue weighted by atomic mass is 127. The van der Waals surface area contributed by atoms with Crippen molar-refractivity contribution in [3.8, 4) is 0 Å². The Morgan fingerprint density at radius 3 is 2.88 bits per heavy atom. The third-order valence-electron chi connectivity index (χ3n) is 3.54. The Bertz CT molecular complexity index is 801. The van der Waals surface area contributed by atoms with E-state index in [1.165, 1.54) is 5.56 Å². The molecule has 0 aliphatic heterocycles. The average molecular weight is 451 g/mol. The first kappa shape index (κ1) is 19.1. The van der Waals surface area contributed by atoms with Crippen molar-refractivity contribution in [1.29, 1.82) is 0 Å². The van der Waals surface area contributed by atoms with Gasteiger partial charge in [0.1, 0.15) is 6.54 Å². The average Bonchev–Trinajstić information content (AvgIpc) is 3.04. The van der Waals surface area contributed by atoms with Gasteiger partial charge in [0.25, 0.3) is 0 Å². The van der Waals surface area contributed by atoms with Gasteiger partial charge in [0.05, 0.1) is 0 Å². The van der Waals surface area contributed by atoms with Gasteiger partial charge in [0.2, 0.25) is 0 Å². The van der Waals surface area contributed by atoms with E-state index in [1.54, 1.807) is 6.20 Å². The predicted molar refractivity (Wildman–Crippen MR) is 109 cm³/mol. The number of hydrogen-bond donors (Lipinski definition) is 2.